The number of benzene rings is 2. The van der Waals surface area contributed by atoms with Crippen molar-refractivity contribution in [3.05, 3.63) is 71.3 Å². The molecule has 0 saturated heterocycles. The Morgan fingerprint density at radius 3 is 1.88 bits per heavy atom. The van der Waals surface area contributed by atoms with Gasteiger partial charge in [0.15, 0.2) is 0 Å². The van der Waals surface area contributed by atoms with Gasteiger partial charge in [-0.1, -0.05) is 68.1 Å². The first-order chi connectivity index (χ1) is 15.8. The monoisotopic (exact) mass is 447 g/mol. The molecule has 2 saturated carbocycles. The van der Waals surface area contributed by atoms with E-state index in [2.05, 4.69) is 57.0 Å². The maximum absolute atomic E-state index is 13.0. The molecule has 0 bridgehead atoms. The largest absolute Gasteiger partial charge is 0.456 e. The number of esters is 1. The van der Waals surface area contributed by atoms with E-state index in [0.29, 0.717) is 17.4 Å². The van der Waals surface area contributed by atoms with Crippen LogP contribution in [0.15, 0.2) is 54.6 Å². The Morgan fingerprint density at radius 1 is 0.788 bits per heavy atom. The average molecular weight is 448 g/mol. The average Bonchev–Trinajstić information content (AvgIpc) is 2.97. The van der Waals surface area contributed by atoms with Gasteiger partial charge >= 0.3 is 5.97 Å². The number of hydrogen-bond acceptors (Lipinski definition) is 4. The van der Waals surface area contributed by atoms with E-state index in [1.165, 1.54) is 36.8 Å². The van der Waals surface area contributed by atoms with Crippen molar-refractivity contribution >= 4 is 5.97 Å². The Labute approximate surface area is 198 Å². The molecule has 0 N–H and O–H groups in total. The van der Waals surface area contributed by atoms with E-state index >= 15 is 0 Å². The van der Waals surface area contributed by atoms with Crippen molar-refractivity contribution in [2.24, 2.45) is 11.8 Å². The zero-order chi connectivity index (χ0) is 23.2. The predicted octanol–water partition coefficient (Wildman–Crippen LogP) is 6.60. The van der Waals surface area contributed by atoms with Crippen LogP contribution in [0.3, 0.4) is 0 Å². The lowest BCUT2D eigenvalue weighted by atomic mass is 9.69. The molecule has 4 heteroatoms. The number of hydroxylamine groups is 2. The van der Waals surface area contributed by atoms with Gasteiger partial charge in [0.1, 0.15) is 12.2 Å². The molecule has 0 unspecified atom stereocenters. The van der Waals surface area contributed by atoms with Crippen LogP contribution in [0.4, 0.5) is 0 Å². The molecule has 4 atom stereocenters. The van der Waals surface area contributed by atoms with E-state index in [4.69, 9.17) is 9.57 Å². The molecule has 5 rings (SSSR count). The van der Waals surface area contributed by atoms with Crippen molar-refractivity contribution in [1.29, 1.82) is 0 Å². The molecule has 2 aromatic carbocycles. The fourth-order valence-electron chi connectivity index (χ4n) is 6.69. The zero-order valence-electron chi connectivity index (χ0n) is 20.4. The van der Waals surface area contributed by atoms with Gasteiger partial charge in [0.05, 0.1) is 16.6 Å². The maximum Gasteiger partial charge on any atom is 0.338 e. The van der Waals surface area contributed by atoms with Crippen molar-refractivity contribution in [3.8, 4) is 0 Å². The fourth-order valence-corrected chi connectivity index (χ4v) is 6.69. The van der Waals surface area contributed by atoms with Crippen molar-refractivity contribution in [3.63, 3.8) is 0 Å². The normalized spacial score (nSPS) is 30.3. The third kappa shape index (κ3) is 4.02. The quantitative estimate of drug-likeness (QED) is 0.495. The molecule has 0 radical (unpaired) electrons. The summed E-state index contributed by atoms with van der Waals surface area (Å²) in [6.07, 6.45) is 6.57. The van der Waals surface area contributed by atoms with Gasteiger partial charge in [-0.2, -0.15) is 5.06 Å². The Morgan fingerprint density at radius 2 is 1.30 bits per heavy atom. The topological polar surface area (TPSA) is 38.8 Å². The molecular formula is C29H37NO3. The van der Waals surface area contributed by atoms with Crippen molar-refractivity contribution in [2.75, 3.05) is 0 Å². The minimum Gasteiger partial charge on any atom is -0.456 e. The van der Waals surface area contributed by atoms with Crippen LogP contribution in [-0.2, 0) is 20.7 Å². The maximum atomic E-state index is 13.0. The summed E-state index contributed by atoms with van der Waals surface area (Å²) in [5, 5.41) is 2.18. The Bertz CT molecular complexity index is 964. The zero-order valence-corrected chi connectivity index (χ0v) is 20.4. The highest BCUT2D eigenvalue weighted by Crippen LogP contribution is 2.51. The fraction of sp³-hybridized carbons (Fsp3) is 0.552. The summed E-state index contributed by atoms with van der Waals surface area (Å²) in [5.74, 6) is 1.04. The van der Waals surface area contributed by atoms with Crippen molar-refractivity contribution < 1.29 is 14.4 Å². The van der Waals surface area contributed by atoms with Crippen LogP contribution in [0.1, 0.15) is 87.7 Å². The third-order valence-corrected chi connectivity index (χ3v) is 8.32. The van der Waals surface area contributed by atoms with E-state index in [1.807, 2.05) is 30.3 Å². The van der Waals surface area contributed by atoms with E-state index < -0.39 is 0 Å². The third-order valence-electron chi connectivity index (χ3n) is 8.32. The number of carbonyl (C=O) groups is 1. The molecular weight excluding hydrogens is 410 g/mol. The van der Waals surface area contributed by atoms with Gasteiger partial charge in [-0.05, 0) is 75.6 Å². The lowest BCUT2D eigenvalue weighted by Gasteiger charge is -2.47. The molecule has 0 spiro atoms. The first-order valence-electron chi connectivity index (χ1n) is 12.6. The van der Waals surface area contributed by atoms with Gasteiger partial charge in [0, 0.05) is 0 Å². The molecule has 1 heterocycles. The Hall–Kier alpha value is -2.17. The van der Waals surface area contributed by atoms with Gasteiger partial charge in [0.2, 0.25) is 0 Å². The second-order valence-electron chi connectivity index (χ2n) is 11.2. The number of hydrogen-bond donors (Lipinski definition) is 0. The van der Waals surface area contributed by atoms with Crippen LogP contribution in [0.2, 0.25) is 0 Å². The van der Waals surface area contributed by atoms with E-state index in [-0.39, 0.29) is 29.3 Å². The summed E-state index contributed by atoms with van der Waals surface area (Å²) in [4.78, 5) is 19.9. The van der Waals surface area contributed by atoms with Crippen LogP contribution >= 0.6 is 0 Å². The van der Waals surface area contributed by atoms with E-state index in [0.717, 1.165) is 12.8 Å². The summed E-state index contributed by atoms with van der Waals surface area (Å²) in [6, 6.07) is 18.0. The van der Waals surface area contributed by atoms with Gasteiger partial charge in [0.25, 0.3) is 0 Å². The summed E-state index contributed by atoms with van der Waals surface area (Å²) in [6.45, 7) is 8.94. The molecule has 0 aromatic heterocycles. The highest BCUT2D eigenvalue weighted by Gasteiger charge is 2.52. The minimum atomic E-state index is -0.266. The Balaban J connectivity index is 1.42. The number of rotatable bonds is 4. The first kappa shape index (κ1) is 22.6. The van der Waals surface area contributed by atoms with E-state index in [9.17, 15) is 4.79 Å². The second-order valence-corrected chi connectivity index (χ2v) is 11.2. The van der Waals surface area contributed by atoms with Crippen molar-refractivity contribution in [2.45, 2.75) is 89.5 Å². The second kappa shape index (κ2) is 8.56. The standard InChI is InChI=1S/C29H37NO3/c1-28(2)23-16-10-11-17-24(23)29(3,4)30(28)33-26-19-22-15-9-8-14-21(22)18-25(26)32-27(31)20-12-6-5-7-13-20/h5-7,10-13,16-17,21-22,25-26H,8-9,14-15,18-19H2,1-4H3/t21-,22-,25+,26-/m0/s1. The molecule has 4 nitrogen and oxygen atoms in total. The highest BCUT2D eigenvalue weighted by atomic mass is 16.7. The first-order valence-corrected chi connectivity index (χ1v) is 12.6. The molecule has 2 fully saturated rings. The summed E-state index contributed by atoms with van der Waals surface area (Å²) in [5.41, 5.74) is 2.68. The summed E-state index contributed by atoms with van der Waals surface area (Å²) >= 11 is 0. The number of ether oxygens (including phenoxy) is 1. The lowest BCUT2D eigenvalue weighted by Crippen LogP contribution is -2.52. The minimum absolute atomic E-state index is 0.134. The number of carbonyl (C=O) groups excluding carboxylic acids is 1. The Kier molecular flexibility index (Phi) is 5.86. The lowest BCUT2D eigenvalue weighted by molar-refractivity contribution is -0.310. The molecule has 0 amide bonds. The van der Waals surface area contributed by atoms with Gasteiger partial charge in [-0.15, -0.1) is 0 Å². The molecule has 2 aromatic rings. The van der Waals surface area contributed by atoms with Crippen LogP contribution in [-0.4, -0.2) is 23.2 Å². The molecule has 3 aliphatic rings. The highest BCUT2D eigenvalue weighted by molar-refractivity contribution is 5.89. The molecule has 33 heavy (non-hydrogen) atoms. The molecule has 176 valence electrons. The van der Waals surface area contributed by atoms with Crippen LogP contribution in [0.5, 0.6) is 0 Å². The summed E-state index contributed by atoms with van der Waals surface area (Å²) in [7, 11) is 0. The van der Waals surface area contributed by atoms with Gasteiger partial charge in [-0.25, -0.2) is 4.79 Å². The van der Waals surface area contributed by atoms with Crippen LogP contribution in [0, 0.1) is 11.8 Å². The SMILES string of the molecule is CC1(C)c2ccccc2C(C)(C)N1O[C@H]1C[C@@H]2CCCC[C@H]2C[C@H]1OC(=O)c1ccccc1. The molecule has 2 aliphatic carbocycles. The van der Waals surface area contributed by atoms with Crippen molar-refractivity contribution in [1.82, 2.24) is 5.06 Å². The summed E-state index contributed by atoms with van der Waals surface area (Å²) < 4.78 is 6.17. The smallest absolute Gasteiger partial charge is 0.338 e. The number of fused-ring (bicyclic) bond motifs is 2. The van der Waals surface area contributed by atoms with Crippen LogP contribution in [0.25, 0.3) is 0 Å². The van der Waals surface area contributed by atoms with E-state index in [1.54, 1.807) is 0 Å². The number of nitrogens with zero attached hydrogens (tertiary/aromatic N) is 1. The van der Waals surface area contributed by atoms with Crippen LogP contribution < -0.4 is 0 Å². The van der Waals surface area contributed by atoms with Gasteiger partial charge in [-0.3, -0.25) is 4.84 Å². The van der Waals surface area contributed by atoms with Gasteiger partial charge < -0.3 is 4.74 Å². The predicted molar refractivity (Wildman–Crippen MR) is 130 cm³/mol. The molecule has 1 aliphatic heterocycles.